The minimum atomic E-state index is -3.92. The Hall–Kier alpha value is -3.06. The maximum Gasteiger partial charge on any atom is 0.339 e. The van der Waals surface area contributed by atoms with Crippen molar-refractivity contribution in [1.82, 2.24) is 0 Å². The van der Waals surface area contributed by atoms with Crippen LogP contribution in [0.25, 0.3) is 10.8 Å². The quantitative estimate of drug-likeness (QED) is 0.664. The van der Waals surface area contributed by atoms with E-state index in [4.69, 9.17) is 5.11 Å². The van der Waals surface area contributed by atoms with Crippen molar-refractivity contribution in [3.8, 4) is 5.75 Å². The first-order valence-corrected chi connectivity index (χ1v) is 8.85. The van der Waals surface area contributed by atoms with Crippen molar-refractivity contribution in [2.45, 2.75) is 11.8 Å². The molecule has 0 bridgehead atoms. The van der Waals surface area contributed by atoms with Gasteiger partial charge >= 0.3 is 5.97 Å². The van der Waals surface area contributed by atoms with Gasteiger partial charge in [0.05, 0.1) is 10.6 Å². The Balaban J connectivity index is 2.05. The standard InChI is InChI=1S/C18H15NO5S/c1-11-6-9-17(14-5-3-2-4-13(11)14)25(23,24)19-12-7-8-15(18(21)22)16(20)10-12/h2-10,19-20H,1H3,(H,21,22). The average molecular weight is 357 g/mol. The molecule has 0 amide bonds. The van der Waals surface area contributed by atoms with Gasteiger partial charge in [-0.2, -0.15) is 0 Å². The van der Waals surface area contributed by atoms with E-state index < -0.39 is 21.7 Å². The zero-order chi connectivity index (χ0) is 18.2. The minimum absolute atomic E-state index is 0.0761. The van der Waals surface area contributed by atoms with Crippen LogP contribution in [0.2, 0.25) is 0 Å². The molecular weight excluding hydrogens is 342 g/mol. The van der Waals surface area contributed by atoms with Crippen LogP contribution < -0.4 is 4.72 Å². The molecule has 0 atom stereocenters. The summed E-state index contributed by atoms with van der Waals surface area (Å²) in [6, 6.07) is 13.9. The summed E-state index contributed by atoms with van der Waals surface area (Å²) in [6.07, 6.45) is 0. The summed E-state index contributed by atoms with van der Waals surface area (Å²) in [5, 5.41) is 20.0. The van der Waals surface area contributed by atoms with E-state index in [1.807, 2.05) is 19.1 Å². The molecule has 0 aliphatic carbocycles. The number of aromatic hydroxyl groups is 1. The number of hydrogen-bond acceptors (Lipinski definition) is 4. The molecule has 0 fully saturated rings. The molecule has 0 saturated carbocycles. The van der Waals surface area contributed by atoms with Gasteiger partial charge in [-0.25, -0.2) is 13.2 Å². The van der Waals surface area contributed by atoms with Gasteiger partial charge in [0.15, 0.2) is 0 Å². The lowest BCUT2D eigenvalue weighted by atomic mass is 10.1. The van der Waals surface area contributed by atoms with Gasteiger partial charge in [-0.1, -0.05) is 30.3 Å². The van der Waals surface area contributed by atoms with Crippen molar-refractivity contribution in [1.29, 1.82) is 0 Å². The summed E-state index contributed by atoms with van der Waals surface area (Å²) in [5.41, 5.74) is 0.730. The Morgan fingerprint density at radius 3 is 2.32 bits per heavy atom. The fraction of sp³-hybridized carbons (Fsp3) is 0.0556. The number of phenols is 1. The number of aromatic carboxylic acids is 1. The number of nitrogens with one attached hydrogen (secondary N) is 1. The highest BCUT2D eigenvalue weighted by atomic mass is 32.2. The van der Waals surface area contributed by atoms with Crippen molar-refractivity contribution in [2.75, 3.05) is 4.72 Å². The summed E-state index contributed by atoms with van der Waals surface area (Å²) >= 11 is 0. The number of fused-ring (bicyclic) bond motifs is 1. The number of carbonyl (C=O) groups is 1. The normalized spacial score (nSPS) is 11.4. The lowest BCUT2D eigenvalue weighted by molar-refractivity contribution is 0.0694. The fourth-order valence-electron chi connectivity index (χ4n) is 2.64. The van der Waals surface area contributed by atoms with Crippen LogP contribution in [0.3, 0.4) is 0 Å². The molecule has 0 radical (unpaired) electrons. The third-order valence-electron chi connectivity index (χ3n) is 3.87. The van der Waals surface area contributed by atoms with Crippen LogP contribution in [0, 0.1) is 6.92 Å². The fourth-order valence-corrected chi connectivity index (χ4v) is 3.90. The summed E-state index contributed by atoms with van der Waals surface area (Å²) in [7, 11) is -3.92. The Labute approximate surface area is 144 Å². The van der Waals surface area contributed by atoms with E-state index in [0.717, 1.165) is 23.1 Å². The van der Waals surface area contributed by atoms with Gasteiger partial charge in [0.2, 0.25) is 0 Å². The molecule has 6 nitrogen and oxygen atoms in total. The third-order valence-corrected chi connectivity index (χ3v) is 5.31. The number of rotatable bonds is 4. The second-order valence-corrected chi connectivity index (χ2v) is 7.22. The maximum atomic E-state index is 12.7. The van der Waals surface area contributed by atoms with Gasteiger partial charge in [0.25, 0.3) is 10.0 Å². The van der Waals surface area contributed by atoms with Crippen LogP contribution in [0.4, 0.5) is 5.69 Å². The number of carboxylic acid groups (broad SMARTS) is 1. The van der Waals surface area contributed by atoms with E-state index in [0.29, 0.717) is 5.39 Å². The second kappa shape index (κ2) is 6.10. The van der Waals surface area contributed by atoms with Crippen molar-refractivity contribution >= 4 is 32.5 Å². The van der Waals surface area contributed by atoms with Crippen molar-refractivity contribution in [2.24, 2.45) is 0 Å². The number of sulfonamides is 1. The largest absolute Gasteiger partial charge is 0.507 e. The Morgan fingerprint density at radius 1 is 1.00 bits per heavy atom. The van der Waals surface area contributed by atoms with Crippen LogP contribution in [0.1, 0.15) is 15.9 Å². The monoisotopic (exact) mass is 357 g/mol. The summed E-state index contributed by atoms with van der Waals surface area (Å²) in [5.74, 6) is -1.81. The molecule has 0 saturated heterocycles. The number of carboxylic acids is 1. The Bertz CT molecular complexity index is 1090. The maximum absolute atomic E-state index is 12.7. The van der Waals surface area contributed by atoms with Crippen molar-refractivity contribution < 1.29 is 23.4 Å². The molecule has 3 aromatic rings. The molecule has 25 heavy (non-hydrogen) atoms. The highest BCUT2D eigenvalue weighted by Gasteiger charge is 2.19. The van der Waals surface area contributed by atoms with E-state index >= 15 is 0 Å². The van der Waals surface area contributed by atoms with E-state index in [1.165, 1.54) is 12.1 Å². The predicted octanol–water partition coefficient (Wildman–Crippen LogP) is 3.35. The molecule has 0 aliphatic heterocycles. The van der Waals surface area contributed by atoms with E-state index in [1.54, 1.807) is 18.2 Å². The van der Waals surface area contributed by atoms with E-state index in [9.17, 15) is 18.3 Å². The second-order valence-electron chi connectivity index (χ2n) is 5.57. The number of aryl methyl sites for hydroxylation is 1. The zero-order valence-corrected chi connectivity index (χ0v) is 14.0. The van der Waals surface area contributed by atoms with Gasteiger partial charge in [-0.05, 0) is 36.1 Å². The lowest BCUT2D eigenvalue weighted by Crippen LogP contribution is -2.13. The third kappa shape index (κ3) is 3.14. The molecule has 0 unspecified atom stereocenters. The number of benzene rings is 3. The lowest BCUT2D eigenvalue weighted by Gasteiger charge is -2.12. The van der Waals surface area contributed by atoms with Gasteiger partial charge in [-0.15, -0.1) is 0 Å². The minimum Gasteiger partial charge on any atom is -0.507 e. The van der Waals surface area contributed by atoms with Crippen LogP contribution in [-0.4, -0.2) is 24.6 Å². The SMILES string of the molecule is Cc1ccc(S(=O)(=O)Nc2ccc(C(=O)O)c(O)c2)c2ccccc12. The molecule has 0 heterocycles. The first kappa shape index (κ1) is 16.8. The van der Waals surface area contributed by atoms with Crippen molar-refractivity contribution in [3.05, 3.63) is 65.7 Å². The summed E-state index contributed by atoms with van der Waals surface area (Å²) < 4.78 is 27.9. The Kier molecular flexibility index (Phi) is 4.10. The van der Waals surface area contributed by atoms with Crippen molar-refractivity contribution in [3.63, 3.8) is 0 Å². The molecule has 3 aromatic carbocycles. The summed E-state index contributed by atoms with van der Waals surface area (Å²) in [6.45, 7) is 1.90. The average Bonchev–Trinajstić information content (AvgIpc) is 2.54. The Morgan fingerprint density at radius 2 is 1.68 bits per heavy atom. The smallest absolute Gasteiger partial charge is 0.339 e. The molecule has 0 aliphatic rings. The predicted molar refractivity (Wildman–Crippen MR) is 94.6 cm³/mol. The highest BCUT2D eigenvalue weighted by molar-refractivity contribution is 7.93. The summed E-state index contributed by atoms with van der Waals surface area (Å²) in [4.78, 5) is 11.0. The first-order valence-electron chi connectivity index (χ1n) is 7.37. The molecule has 7 heteroatoms. The van der Waals surface area contributed by atoms with Gasteiger partial charge in [0, 0.05) is 11.5 Å². The molecule has 3 N–H and O–H groups in total. The topological polar surface area (TPSA) is 104 Å². The number of anilines is 1. The van der Waals surface area contributed by atoms with Crippen LogP contribution in [0.5, 0.6) is 5.75 Å². The molecular formula is C18H15NO5S. The van der Waals surface area contributed by atoms with Gasteiger partial charge in [-0.3, -0.25) is 4.72 Å². The molecule has 3 rings (SSSR count). The highest BCUT2D eigenvalue weighted by Crippen LogP contribution is 2.29. The van der Waals surface area contributed by atoms with Crippen LogP contribution in [0.15, 0.2) is 59.5 Å². The zero-order valence-electron chi connectivity index (χ0n) is 13.2. The molecule has 0 spiro atoms. The first-order chi connectivity index (χ1) is 11.8. The van der Waals surface area contributed by atoms with Gasteiger partial charge in [0.1, 0.15) is 11.3 Å². The molecule has 128 valence electrons. The van der Waals surface area contributed by atoms with E-state index in [-0.39, 0.29) is 16.1 Å². The number of hydrogen-bond donors (Lipinski definition) is 3. The van der Waals surface area contributed by atoms with E-state index in [2.05, 4.69) is 4.72 Å². The van der Waals surface area contributed by atoms with Crippen LogP contribution >= 0.6 is 0 Å². The molecule has 0 aromatic heterocycles. The van der Waals surface area contributed by atoms with Crippen LogP contribution in [-0.2, 0) is 10.0 Å². The van der Waals surface area contributed by atoms with Gasteiger partial charge < -0.3 is 10.2 Å².